The van der Waals surface area contributed by atoms with Gasteiger partial charge < -0.3 is 4.90 Å². The van der Waals surface area contributed by atoms with Gasteiger partial charge in [0.15, 0.2) is 0 Å². The number of rotatable bonds is 5. The van der Waals surface area contributed by atoms with Crippen molar-refractivity contribution in [3.8, 4) is 0 Å². The van der Waals surface area contributed by atoms with E-state index >= 15 is 0 Å². The van der Waals surface area contributed by atoms with Crippen LogP contribution in [0.5, 0.6) is 0 Å². The normalized spacial score (nSPS) is 15.8. The van der Waals surface area contributed by atoms with E-state index in [4.69, 9.17) is 0 Å². The molecule has 1 aliphatic rings. The maximum absolute atomic E-state index is 12.8. The average molecular weight is 401 g/mol. The smallest absolute Gasteiger partial charge is 0.253 e. The van der Waals surface area contributed by atoms with Gasteiger partial charge in [-0.25, -0.2) is 8.42 Å². The molecule has 2 aromatic rings. The predicted octanol–water partition coefficient (Wildman–Crippen LogP) is 3.34. The molecule has 6 heteroatoms. The molecule has 0 aromatic heterocycles. The van der Waals surface area contributed by atoms with Crippen molar-refractivity contribution < 1.29 is 13.2 Å². The molecule has 0 unspecified atom stereocenters. The van der Waals surface area contributed by atoms with E-state index in [1.165, 1.54) is 9.87 Å². The maximum atomic E-state index is 12.8. The van der Waals surface area contributed by atoms with Gasteiger partial charge in [-0.1, -0.05) is 43.7 Å². The van der Waals surface area contributed by atoms with Gasteiger partial charge in [0, 0.05) is 31.7 Å². The van der Waals surface area contributed by atoms with Gasteiger partial charge in [0.1, 0.15) is 0 Å². The minimum atomic E-state index is -3.51. The number of amides is 1. The summed E-state index contributed by atoms with van der Waals surface area (Å²) in [5.74, 6) is 0.536. The quantitative estimate of drug-likeness (QED) is 0.773. The summed E-state index contributed by atoms with van der Waals surface area (Å²) >= 11 is 0. The van der Waals surface area contributed by atoms with Gasteiger partial charge in [-0.15, -0.1) is 0 Å². The molecule has 0 radical (unpaired) electrons. The number of aryl methyl sites for hydroxylation is 1. The molecule has 150 valence electrons. The number of benzene rings is 2. The van der Waals surface area contributed by atoms with Crippen LogP contribution in [0.2, 0.25) is 0 Å². The first-order chi connectivity index (χ1) is 13.3. The zero-order chi connectivity index (χ0) is 20.3. The Morgan fingerprint density at radius 1 is 0.929 bits per heavy atom. The fourth-order valence-electron chi connectivity index (χ4n) is 3.43. The monoisotopic (exact) mass is 400 g/mol. The van der Waals surface area contributed by atoms with Gasteiger partial charge in [-0.2, -0.15) is 4.31 Å². The van der Waals surface area contributed by atoms with Crippen LogP contribution in [0.15, 0.2) is 53.4 Å². The summed E-state index contributed by atoms with van der Waals surface area (Å²) in [7, 11) is -3.51. The minimum absolute atomic E-state index is 0.0384. The lowest BCUT2D eigenvalue weighted by Gasteiger charge is -2.34. The SMILES string of the molecule is Cc1ccc(S(=O)(=O)N2CCN(C(=O)c3ccc(CC(C)C)cc3)CC2)cc1. The molecule has 1 amide bonds. The van der Waals surface area contributed by atoms with E-state index in [2.05, 4.69) is 13.8 Å². The minimum Gasteiger partial charge on any atom is -0.336 e. The van der Waals surface area contributed by atoms with Crippen molar-refractivity contribution in [3.05, 3.63) is 65.2 Å². The predicted molar refractivity (Wildman–Crippen MR) is 111 cm³/mol. The summed E-state index contributed by atoms with van der Waals surface area (Å²) in [5.41, 5.74) is 2.90. The molecule has 0 N–H and O–H groups in total. The van der Waals surface area contributed by atoms with Crippen molar-refractivity contribution in [3.63, 3.8) is 0 Å². The van der Waals surface area contributed by atoms with Crippen LogP contribution in [0, 0.1) is 12.8 Å². The zero-order valence-electron chi connectivity index (χ0n) is 16.8. The third-order valence-corrected chi connectivity index (χ3v) is 6.94. The molecule has 1 saturated heterocycles. The fraction of sp³-hybridized carbons (Fsp3) is 0.409. The summed E-state index contributed by atoms with van der Waals surface area (Å²) in [5, 5.41) is 0. The molecular formula is C22H28N2O3S. The van der Waals surface area contributed by atoms with Crippen molar-refractivity contribution in [2.75, 3.05) is 26.2 Å². The van der Waals surface area contributed by atoms with Gasteiger partial charge in [0.05, 0.1) is 4.90 Å². The van der Waals surface area contributed by atoms with E-state index in [-0.39, 0.29) is 5.91 Å². The number of nitrogens with zero attached hydrogens (tertiary/aromatic N) is 2. The Morgan fingerprint density at radius 3 is 2.04 bits per heavy atom. The van der Waals surface area contributed by atoms with Gasteiger partial charge in [-0.05, 0) is 49.1 Å². The second-order valence-electron chi connectivity index (χ2n) is 7.80. The Hall–Kier alpha value is -2.18. The summed E-state index contributed by atoms with van der Waals surface area (Å²) in [6.45, 7) is 7.69. The zero-order valence-corrected chi connectivity index (χ0v) is 17.6. The molecular weight excluding hydrogens is 372 g/mol. The first-order valence-corrected chi connectivity index (χ1v) is 11.2. The lowest BCUT2D eigenvalue weighted by Crippen LogP contribution is -2.50. The van der Waals surface area contributed by atoms with E-state index in [9.17, 15) is 13.2 Å². The maximum Gasteiger partial charge on any atom is 0.253 e. The topological polar surface area (TPSA) is 57.7 Å². The molecule has 5 nitrogen and oxygen atoms in total. The Kier molecular flexibility index (Phi) is 6.20. The third kappa shape index (κ3) is 4.62. The lowest BCUT2D eigenvalue weighted by atomic mass is 10.0. The van der Waals surface area contributed by atoms with Gasteiger partial charge in [0.25, 0.3) is 5.91 Å². The average Bonchev–Trinajstić information content (AvgIpc) is 2.68. The second-order valence-corrected chi connectivity index (χ2v) is 9.74. The number of carbonyl (C=O) groups is 1. The fourth-order valence-corrected chi connectivity index (χ4v) is 4.85. The van der Waals surface area contributed by atoms with Crippen LogP contribution in [0.25, 0.3) is 0 Å². The van der Waals surface area contributed by atoms with Gasteiger partial charge in [-0.3, -0.25) is 4.79 Å². The highest BCUT2D eigenvalue weighted by atomic mass is 32.2. The van der Waals surface area contributed by atoms with E-state index in [0.29, 0.717) is 42.6 Å². The second kappa shape index (κ2) is 8.45. The number of carbonyl (C=O) groups excluding carboxylic acids is 1. The molecule has 2 aromatic carbocycles. The molecule has 1 heterocycles. The molecule has 1 aliphatic heterocycles. The van der Waals surface area contributed by atoms with Crippen LogP contribution in [0.3, 0.4) is 0 Å². The van der Waals surface area contributed by atoms with Crippen molar-refractivity contribution in [1.82, 2.24) is 9.21 Å². The number of piperazine rings is 1. The highest BCUT2D eigenvalue weighted by Crippen LogP contribution is 2.19. The highest BCUT2D eigenvalue weighted by molar-refractivity contribution is 7.89. The highest BCUT2D eigenvalue weighted by Gasteiger charge is 2.30. The largest absolute Gasteiger partial charge is 0.336 e. The van der Waals surface area contributed by atoms with Crippen LogP contribution in [0.1, 0.15) is 35.3 Å². The summed E-state index contributed by atoms with van der Waals surface area (Å²) in [6.07, 6.45) is 0.990. The van der Waals surface area contributed by atoms with E-state index in [0.717, 1.165) is 12.0 Å². The molecule has 0 aliphatic carbocycles. The lowest BCUT2D eigenvalue weighted by molar-refractivity contribution is 0.0698. The Bertz CT molecular complexity index is 911. The van der Waals surface area contributed by atoms with Crippen LogP contribution >= 0.6 is 0 Å². The molecule has 0 saturated carbocycles. The molecule has 1 fully saturated rings. The molecule has 0 atom stereocenters. The van der Waals surface area contributed by atoms with Crippen LogP contribution in [-0.4, -0.2) is 49.7 Å². The van der Waals surface area contributed by atoms with Gasteiger partial charge in [0.2, 0.25) is 10.0 Å². The van der Waals surface area contributed by atoms with Crippen molar-refractivity contribution >= 4 is 15.9 Å². The Morgan fingerprint density at radius 2 is 1.50 bits per heavy atom. The standard InChI is InChI=1S/C22H28N2O3S/c1-17(2)16-19-6-8-20(9-7-19)22(25)23-12-14-24(15-13-23)28(26,27)21-10-4-18(3)5-11-21/h4-11,17H,12-16H2,1-3H3. The first-order valence-electron chi connectivity index (χ1n) is 9.72. The molecule has 0 bridgehead atoms. The number of hydrogen-bond donors (Lipinski definition) is 0. The molecule has 3 rings (SSSR count). The van der Waals surface area contributed by atoms with Gasteiger partial charge >= 0.3 is 0 Å². The Balaban J connectivity index is 1.63. The summed E-state index contributed by atoms with van der Waals surface area (Å²) in [4.78, 5) is 14.8. The third-order valence-electron chi connectivity index (χ3n) is 5.03. The molecule has 28 heavy (non-hydrogen) atoms. The number of sulfonamides is 1. The van der Waals surface area contributed by atoms with E-state index < -0.39 is 10.0 Å². The van der Waals surface area contributed by atoms with Crippen molar-refractivity contribution in [2.24, 2.45) is 5.92 Å². The molecule has 0 spiro atoms. The number of hydrogen-bond acceptors (Lipinski definition) is 3. The summed E-state index contributed by atoms with van der Waals surface area (Å²) in [6, 6.07) is 14.6. The summed E-state index contributed by atoms with van der Waals surface area (Å²) < 4.78 is 27.1. The van der Waals surface area contributed by atoms with Crippen LogP contribution < -0.4 is 0 Å². The van der Waals surface area contributed by atoms with Crippen molar-refractivity contribution in [1.29, 1.82) is 0 Å². The van der Waals surface area contributed by atoms with E-state index in [1.807, 2.05) is 31.2 Å². The van der Waals surface area contributed by atoms with Crippen LogP contribution in [-0.2, 0) is 16.4 Å². The van der Waals surface area contributed by atoms with E-state index in [1.54, 1.807) is 29.2 Å². The van der Waals surface area contributed by atoms with Crippen molar-refractivity contribution in [2.45, 2.75) is 32.1 Å². The first kappa shape index (κ1) is 20.6. The Labute approximate surface area is 168 Å². The van der Waals surface area contributed by atoms with Crippen LogP contribution in [0.4, 0.5) is 0 Å².